The van der Waals surface area contributed by atoms with Gasteiger partial charge in [-0.2, -0.15) is 0 Å². The summed E-state index contributed by atoms with van der Waals surface area (Å²) in [4.78, 5) is 11.4. The van der Waals surface area contributed by atoms with Crippen LogP contribution in [0.15, 0.2) is 30.3 Å². The van der Waals surface area contributed by atoms with Crippen molar-refractivity contribution in [3.05, 3.63) is 35.9 Å². The van der Waals surface area contributed by atoms with E-state index in [9.17, 15) is 4.79 Å². The van der Waals surface area contributed by atoms with E-state index < -0.39 is 0 Å². The van der Waals surface area contributed by atoms with E-state index >= 15 is 0 Å². The lowest BCUT2D eigenvalue weighted by Gasteiger charge is -2.10. The first kappa shape index (κ1) is 9.78. The molecule has 0 unspecified atom stereocenters. The molecule has 1 aromatic carbocycles. The maximum absolute atomic E-state index is 11.4. The van der Waals surface area contributed by atoms with E-state index in [-0.39, 0.29) is 12.1 Å². The number of hydrogen-bond donors (Lipinski definition) is 0. The van der Waals surface area contributed by atoms with Crippen LogP contribution in [0.25, 0.3) is 0 Å². The number of carbonyl (C=O) groups excluding carboxylic acids is 1. The van der Waals surface area contributed by atoms with Crippen molar-refractivity contribution in [3.8, 4) is 0 Å². The van der Waals surface area contributed by atoms with Crippen LogP contribution in [0.4, 0.5) is 0 Å². The van der Waals surface area contributed by atoms with Crippen molar-refractivity contribution >= 4 is 5.97 Å². The predicted octanol–water partition coefficient (Wildman–Crippen LogP) is 2.64. The summed E-state index contributed by atoms with van der Waals surface area (Å²) in [6.45, 7) is 3.88. The summed E-state index contributed by atoms with van der Waals surface area (Å²) in [5, 5.41) is 0. The monoisotopic (exact) mass is 178 g/mol. The van der Waals surface area contributed by atoms with Crippen LogP contribution in [-0.4, -0.2) is 12.1 Å². The highest BCUT2D eigenvalue weighted by Gasteiger charge is 2.08. The first-order valence-corrected chi connectivity index (χ1v) is 4.50. The number of rotatable bonds is 3. The van der Waals surface area contributed by atoms with Gasteiger partial charge in [-0.1, -0.05) is 25.1 Å². The minimum Gasteiger partial charge on any atom is -0.459 e. The minimum atomic E-state index is -0.241. The van der Waals surface area contributed by atoms with Crippen LogP contribution < -0.4 is 0 Å². The molecule has 2 heteroatoms. The van der Waals surface area contributed by atoms with Crippen molar-refractivity contribution in [2.45, 2.75) is 26.4 Å². The van der Waals surface area contributed by atoms with E-state index in [2.05, 4.69) is 0 Å². The van der Waals surface area contributed by atoms with Gasteiger partial charge in [-0.05, 0) is 25.5 Å². The standard InChI is InChI=1S/C11H14O2/c1-3-9(2)13-11(12)10-7-5-4-6-8-10/h4-9H,3H2,1-2H3/t9-/m1/s1. The zero-order chi connectivity index (χ0) is 9.68. The second-order valence-corrected chi connectivity index (χ2v) is 2.99. The van der Waals surface area contributed by atoms with Crippen molar-refractivity contribution in [1.82, 2.24) is 0 Å². The first-order valence-electron chi connectivity index (χ1n) is 4.50. The molecule has 0 aromatic heterocycles. The van der Waals surface area contributed by atoms with Crippen LogP contribution in [0.3, 0.4) is 0 Å². The third kappa shape index (κ3) is 2.90. The lowest BCUT2D eigenvalue weighted by molar-refractivity contribution is 0.0334. The minimum absolute atomic E-state index is 0.00675. The van der Waals surface area contributed by atoms with E-state index in [1.54, 1.807) is 12.1 Å². The quantitative estimate of drug-likeness (QED) is 0.665. The van der Waals surface area contributed by atoms with Gasteiger partial charge in [-0.15, -0.1) is 0 Å². The molecule has 13 heavy (non-hydrogen) atoms. The average molecular weight is 178 g/mol. The summed E-state index contributed by atoms with van der Waals surface area (Å²) in [5.74, 6) is -0.241. The predicted molar refractivity (Wildman–Crippen MR) is 51.6 cm³/mol. The Kier molecular flexibility index (Phi) is 3.50. The van der Waals surface area contributed by atoms with E-state index in [4.69, 9.17) is 4.74 Å². The maximum Gasteiger partial charge on any atom is 0.338 e. The highest BCUT2D eigenvalue weighted by Crippen LogP contribution is 2.05. The molecule has 1 rings (SSSR count). The molecule has 1 aromatic rings. The molecule has 2 nitrogen and oxygen atoms in total. The van der Waals surface area contributed by atoms with Crippen LogP contribution in [-0.2, 0) is 4.74 Å². The Labute approximate surface area is 78.5 Å². The highest BCUT2D eigenvalue weighted by molar-refractivity contribution is 5.89. The fraction of sp³-hybridized carbons (Fsp3) is 0.364. The Hall–Kier alpha value is -1.31. The SMILES string of the molecule is CC[C@@H](C)OC(=O)c1ccccc1. The highest BCUT2D eigenvalue weighted by atomic mass is 16.5. The van der Waals surface area contributed by atoms with Gasteiger partial charge in [0.05, 0.1) is 11.7 Å². The van der Waals surface area contributed by atoms with Gasteiger partial charge in [0.25, 0.3) is 0 Å². The molecule has 0 heterocycles. The zero-order valence-corrected chi connectivity index (χ0v) is 7.99. The molecule has 70 valence electrons. The Balaban J connectivity index is 2.59. The lowest BCUT2D eigenvalue weighted by atomic mass is 10.2. The van der Waals surface area contributed by atoms with Crippen molar-refractivity contribution in [3.63, 3.8) is 0 Å². The van der Waals surface area contributed by atoms with Crippen LogP contribution in [0.1, 0.15) is 30.6 Å². The van der Waals surface area contributed by atoms with Gasteiger partial charge in [0.1, 0.15) is 0 Å². The molecular weight excluding hydrogens is 164 g/mol. The largest absolute Gasteiger partial charge is 0.459 e. The zero-order valence-electron chi connectivity index (χ0n) is 7.99. The molecule has 0 radical (unpaired) electrons. The fourth-order valence-electron chi connectivity index (χ4n) is 0.908. The molecule has 0 aliphatic carbocycles. The number of carbonyl (C=O) groups is 1. The summed E-state index contributed by atoms with van der Waals surface area (Å²) >= 11 is 0. The summed E-state index contributed by atoms with van der Waals surface area (Å²) in [6.07, 6.45) is 0.839. The number of hydrogen-bond acceptors (Lipinski definition) is 2. The van der Waals surface area contributed by atoms with Gasteiger partial charge in [0.2, 0.25) is 0 Å². The van der Waals surface area contributed by atoms with Gasteiger partial charge in [-0.3, -0.25) is 0 Å². The van der Waals surface area contributed by atoms with Crippen LogP contribution in [0, 0.1) is 0 Å². The normalized spacial score (nSPS) is 12.2. The number of benzene rings is 1. The Morgan fingerprint density at radius 1 is 1.38 bits per heavy atom. The van der Waals surface area contributed by atoms with Gasteiger partial charge < -0.3 is 4.74 Å². The Morgan fingerprint density at radius 2 is 2.00 bits per heavy atom. The molecule has 0 saturated heterocycles. The lowest BCUT2D eigenvalue weighted by Crippen LogP contribution is -2.13. The summed E-state index contributed by atoms with van der Waals surface area (Å²) in [7, 11) is 0. The fourth-order valence-corrected chi connectivity index (χ4v) is 0.908. The maximum atomic E-state index is 11.4. The van der Waals surface area contributed by atoms with Gasteiger partial charge in [0.15, 0.2) is 0 Å². The number of ether oxygens (including phenoxy) is 1. The van der Waals surface area contributed by atoms with Gasteiger partial charge in [-0.25, -0.2) is 4.79 Å². The molecule has 0 bridgehead atoms. The Morgan fingerprint density at radius 3 is 2.54 bits per heavy atom. The smallest absolute Gasteiger partial charge is 0.338 e. The number of esters is 1. The average Bonchev–Trinajstić information content (AvgIpc) is 2.19. The Bertz CT molecular complexity index is 267. The third-order valence-electron chi connectivity index (χ3n) is 1.89. The van der Waals surface area contributed by atoms with Crippen molar-refractivity contribution in [1.29, 1.82) is 0 Å². The van der Waals surface area contributed by atoms with E-state index in [1.165, 1.54) is 0 Å². The van der Waals surface area contributed by atoms with E-state index in [0.717, 1.165) is 6.42 Å². The molecule has 0 spiro atoms. The summed E-state index contributed by atoms with van der Waals surface area (Å²) in [6, 6.07) is 9.04. The van der Waals surface area contributed by atoms with Gasteiger partial charge in [0, 0.05) is 0 Å². The molecular formula is C11H14O2. The molecule has 0 saturated carbocycles. The van der Waals surface area contributed by atoms with Crippen LogP contribution >= 0.6 is 0 Å². The molecule has 0 fully saturated rings. The third-order valence-corrected chi connectivity index (χ3v) is 1.89. The van der Waals surface area contributed by atoms with Crippen molar-refractivity contribution in [2.75, 3.05) is 0 Å². The van der Waals surface area contributed by atoms with Crippen LogP contribution in [0.2, 0.25) is 0 Å². The van der Waals surface area contributed by atoms with Gasteiger partial charge >= 0.3 is 5.97 Å². The van der Waals surface area contributed by atoms with E-state index in [0.29, 0.717) is 5.56 Å². The first-order chi connectivity index (χ1) is 6.24. The summed E-state index contributed by atoms with van der Waals surface area (Å²) < 4.78 is 5.15. The molecule has 0 amide bonds. The second kappa shape index (κ2) is 4.65. The molecule has 0 N–H and O–H groups in total. The van der Waals surface area contributed by atoms with E-state index in [1.807, 2.05) is 32.0 Å². The second-order valence-electron chi connectivity index (χ2n) is 2.99. The molecule has 0 aliphatic rings. The topological polar surface area (TPSA) is 26.3 Å². The van der Waals surface area contributed by atoms with Crippen LogP contribution in [0.5, 0.6) is 0 Å². The molecule has 1 atom stereocenters. The van der Waals surface area contributed by atoms with Crippen molar-refractivity contribution < 1.29 is 9.53 Å². The summed E-state index contributed by atoms with van der Waals surface area (Å²) in [5.41, 5.74) is 0.614. The molecule has 0 aliphatic heterocycles. The van der Waals surface area contributed by atoms with Crippen molar-refractivity contribution in [2.24, 2.45) is 0 Å².